The number of carboxylic acids is 1. The lowest BCUT2D eigenvalue weighted by Crippen LogP contribution is -2.36. The van der Waals surface area contributed by atoms with Gasteiger partial charge in [0.1, 0.15) is 0 Å². The monoisotopic (exact) mass is 776 g/mol. The summed E-state index contributed by atoms with van der Waals surface area (Å²) in [4.78, 5) is 52.5. The molecule has 0 radical (unpaired) electrons. The molecule has 7 rings (SSSR count). The highest BCUT2D eigenvalue weighted by molar-refractivity contribution is 6.40. The number of anilines is 2. The average molecular weight is 778 g/mol. The van der Waals surface area contributed by atoms with Gasteiger partial charge in [-0.15, -0.1) is 0 Å². The fourth-order valence-electron chi connectivity index (χ4n) is 8.24. The van der Waals surface area contributed by atoms with Gasteiger partial charge < -0.3 is 30.0 Å². The van der Waals surface area contributed by atoms with E-state index in [-0.39, 0.29) is 27.7 Å². The van der Waals surface area contributed by atoms with Gasteiger partial charge in [-0.25, -0.2) is 9.97 Å². The molecule has 4 N–H and O–H groups in total. The number of imidazole rings is 2. The number of benzene rings is 2. The summed E-state index contributed by atoms with van der Waals surface area (Å²) in [6.45, 7) is 6.02. The Balaban J connectivity index is 1.03. The number of carboxylic acid groups (broad SMARTS) is 1. The minimum Gasteiger partial charge on any atom is -0.481 e. The molecular weight excluding hydrogens is 731 g/mol. The zero-order valence-electron chi connectivity index (χ0n) is 30.7. The molecule has 2 amide bonds. The van der Waals surface area contributed by atoms with E-state index < -0.39 is 18.0 Å². The first kappa shape index (κ1) is 38.0. The van der Waals surface area contributed by atoms with Crippen LogP contribution in [0.4, 0.5) is 11.4 Å². The van der Waals surface area contributed by atoms with Crippen molar-refractivity contribution >= 4 is 52.4 Å². The number of aromatic nitrogens is 4. The Morgan fingerprint density at radius 2 is 1.28 bits per heavy atom. The molecule has 286 valence electrons. The smallest absolute Gasteiger partial charge is 0.306 e. The van der Waals surface area contributed by atoms with Crippen molar-refractivity contribution in [3.63, 3.8) is 0 Å². The van der Waals surface area contributed by atoms with Crippen molar-refractivity contribution in [3.8, 4) is 11.1 Å². The number of amides is 2. The summed E-state index contributed by atoms with van der Waals surface area (Å²) in [7, 11) is 3.68. The molecule has 4 aromatic rings. The van der Waals surface area contributed by atoms with Crippen LogP contribution in [0.5, 0.6) is 0 Å². The lowest BCUT2D eigenvalue weighted by Gasteiger charge is -2.33. The molecule has 4 heterocycles. The number of rotatable bonds is 10. The number of aliphatic hydroxyl groups is 1. The molecule has 1 saturated carbocycles. The summed E-state index contributed by atoms with van der Waals surface area (Å²) in [6, 6.07) is 10.6. The Morgan fingerprint density at radius 1 is 0.796 bits per heavy atom. The highest BCUT2D eigenvalue weighted by Gasteiger charge is 2.31. The predicted octanol–water partition coefficient (Wildman–Crippen LogP) is 5.62. The zero-order chi connectivity index (χ0) is 38.3. The van der Waals surface area contributed by atoms with Gasteiger partial charge in [0.25, 0.3) is 11.8 Å². The summed E-state index contributed by atoms with van der Waals surface area (Å²) in [5, 5.41) is 25.6. The van der Waals surface area contributed by atoms with Crippen molar-refractivity contribution in [2.45, 2.75) is 64.6 Å². The van der Waals surface area contributed by atoms with Crippen LogP contribution in [0.2, 0.25) is 10.0 Å². The number of aliphatic hydroxyl groups excluding tert-OH is 1. The Hall–Kier alpha value is -4.27. The normalized spacial score (nSPS) is 19.5. The number of hydrogen-bond donors (Lipinski definition) is 4. The first-order valence-electron chi connectivity index (χ1n) is 18.5. The van der Waals surface area contributed by atoms with E-state index >= 15 is 0 Å². The second-order valence-electron chi connectivity index (χ2n) is 14.9. The maximum absolute atomic E-state index is 13.7. The SMILES string of the molecule is C[C@H](O)CN1CCc2c(nc(C(=O)Nc3cccc(-c4cccc(NC(=O)c5nc6c(n5C)CCN(C[C@H]5CC[C@@H](C(=O)O)CC5)C6)c4Cl)c3Cl)n2C)C1. The van der Waals surface area contributed by atoms with Gasteiger partial charge >= 0.3 is 5.97 Å². The van der Waals surface area contributed by atoms with Gasteiger partial charge in [-0.05, 0) is 50.7 Å². The van der Waals surface area contributed by atoms with E-state index in [4.69, 9.17) is 28.2 Å². The lowest BCUT2D eigenvalue weighted by molar-refractivity contribution is -0.143. The highest BCUT2D eigenvalue weighted by atomic mass is 35.5. The third-order valence-corrected chi connectivity index (χ3v) is 11.9. The topological polar surface area (TPSA) is 158 Å². The fourth-order valence-corrected chi connectivity index (χ4v) is 8.79. The van der Waals surface area contributed by atoms with E-state index in [9.17, 15) is 24.6 Å². The number of hydrogen-bond acceptors (Lipinski definition) is 8. The van der Waals surface area contributed by atoms with Crippen molar-refractivity contribution in [1.29, 1.82) is 0 Å². The Labute approximate surface area is 324 Å². The number of carbonyl (C=O) groups is 3. The van der Waals surface area contributed by atoms with Crippen LogP contribution < -0.4 is 10.6 Å². The molecule has 3 aliphatic rings. The van der Waals surface area contributed by atoms with Crippen molar-refractivity contribution in [2.24, 2.45) is 25.9 Å². The zero-order valence-corrected chi connectivity index (χ0v) is 32.3. The van der Waals surface area contributed by atoms with Gasteiger partial charge in [0.2, 0.25) is 0 Å². The molecule has 54 heavy (non-hydrogen) atoms. The standard InChI is InChI=1S/C39H46Cl2N8O5/c1-22(50)18-48-16-14-31-29(20-48)42-35(46(31)2)37(51)44-27-8-4-6-25(33(27)40)26-7-5-9-28(34(26)41)45-38(52)36-43-30-21-49(17-15-32(30)47(36)3)19-23-10-12-24(13-11-23)39(53)54/h4-9,22-24,50H,10-21H2,1-3H3,(H,44,51)(H,45,52)(H,53,54)/t22-,23-,24+/m0/s1. The van der Waals surface area contributed by atoms with Gasteiger partial charge in [0.15, 0.2) is 11.6 Å². The third kappa shape index (κ3) is 7.78. The first-order chi connectivity index (χ1) is 25.9. The molecule has 1 fully saturated rings. The van der Waals surface area contributed by atoms with Crippen LogP contribution in [0, 0.1) is 11.8 Å². The van der Waals surface area contributed by atoms with Crippen LogP contribution in [-0.2, 0) is 44.8 Å². The van der Waals surface area contributed by atoms with Crippen molar-refractivity contribution in [3.05, 3.63) is 80.9 Å². The van der Waals surface area contributed by atoms with Gasteiger partial charge in [-0.3, -0.25) is 24.2 Å². The second kappa shape index (κ2) is 15.8. The molecule has 2 aromatic carbocycles. The quantitative estimate of drug-likeness (QED) is 0.161. The second-order valence-corrected chi connectivity index (χ2v) is 15.6. The molecule has 13 nitrogen and oxygen atoms in total. The van der Waals surface area contributed by atoms with E-state index in [2.05, 4.69) is 25.4 Å². The molecule has 0 bridgehead atoms. The maximum Gasteiger partial charge on any atom is 0.306 e. The van der Waals surface area contributed by atoms with E-state index in [1.54, 1.807) is 43.3 Å². The average Bonchev–Trinajstić information content (AvgIpc) is 3.65. The predicted molar refractivity (Wildman–Crippen MR) is 207 cm³/mol. The summed E-state index contributed by atoms with van der Waals surface area (Å²) in [6.07, 6.45) is 4.32. The highest BCUT2D eigenvalue weighted by Crippen LogP contribution is 2.40. The van der Waals surface area contributed by atoms with Crippen molar-refractivity contribution in [2.75, 3.05) is 36.8 Å². The summed E-state index contributed by atoms with van der Waals surface area (Å²) < 4.78 is 3.67. The summed E-state index contributed by atoms with van der Waals surface area (Å²) in [5.74, 6) is -0.674. The summed E-state index contributed by atoms with van der Waals surface area (Å²) >= 11 is 13.9. The largest absolute Gasteiger partial charge is 0.481 e. The molecule has 2 aromatic heterocycles. The molecule has 0 spiro atoms. The van der Waals surface area contributed by atoms with Crippen LogP contribution in [0.15, 0.2) is 36.4 Å². The molecule has 0 unspecified atom stereocenters. The van der Waals surface area contributed by atoms with E-state index in [0.717, 1.165) is 80.9 Å². The third-order valence-electron chi connectivity index (χ3n) is 11.1. The molecular formula is C39H46Cl2N8O5. The van der Waals surface area contributed by atoms with Crippen LogP contribution in [-0.4, -0.2) is 89.2 Å². The number of carbonyl (C=O) groups excluding carboxylic acids is 2. The molecule has 1 atom stereocenters. The molecule has 0 saturated heterocycles. The van der Waals surface area contributed by atoms with Crippen molar-refractivity contribution < 1.29 is 24.6 Å². The maximum atomic E-state index is 13.7. The van der Waals surface area contributed by atoms with Crippen LogP contribution >= 0.6 is 23.2 Å². The van der Waals surface area contributed by atoms with Crippen LogP contribution in [0.1, 0.15) is 76.6 Å². The van der Waals surface area contributed by atoms with E-state index in [1.165, 1.54) is 0 Å². The minimum atomic E-state index is -0.690. The van der Waals surface area contributed by atoms with Crippen molar-refractivity contribution in [1.82, 2.24) is 28.9 Å². The number of fused-ring (bicyclic) bond motifs is 2. The lowest BCUT2D eigenvalue weighted by atomic mass is 9.81. The minimum absolute atomic E-state index is 0.227. The number of halogens is 2. The number of nitrogens with one attached hydrogen (secondary N) is 2. The van der Waals surface area contributed by atoms with Gasteiger partial charge in [-0.1, -0.05) is 47.5 Å². The number of nitrogens with zero attached hydrogens (tertiary/aromatic N) is 6. The fraction of sp³-hybridized carbons (Fsp3) is 0.462. The van der Waals surface area contributed by atoms with E-state index in [1.807, 2.05) is 23.2 Å². The Morgan fingerprint density at radius 3 is 1.76 bits per heavy atom. The number of aliphatic carboxylic acids is 1. The molecule has 2 aliphatic heterocycles. The Bertz CT molecular complexity index is 2090. The summed E-state index contributed by atoms with van der Waals surface area (Å²) in [5.41, 5.74) is 5.66. The van der Waals surface area contributed by atoms with Crippen LogP contribution in [0.3, 0.4) is 0 Å². The van der Waals surface area contributed by atoms with Crippen LogP contribution in [0.25, 0.3) is 11.1 Å². The first-order valence-corrected chi connectivity index (χ1v) is 19.3. The number of β-amino-alcohol motifs (C(OH)–C–C–N with tert-alkyl or cyclic N) is 1. The van der Waals surface area contributed by atoms with Gasteiger partial charge in [-0.2, -0.15) is 0 Å². The van der Waals surface area contributed by atoms with Gasteiger partial charge in [0.05, 0.1) is 44.8 Å². The molecule has 1 aliphatic carbocycles. The Kier molecular flexibility index (Phi) is 11.1. The van der Waals surface area contributed by atoms with Gasteiger partial charge in [0, 0.05) is 88.7 Å². The van der Waals surface area contributed by atoms with E-state index in [0.29, 0.717) is 53.9 Å². The molecule has 15 heteroatoms.